The molecule has 1 N–H and O–H groups in total. The molecule has 0 saturated heterocycles. The normalized spacial score (nSPS) is 11.0. The molecular weight excluding hydrogens is 282 g/mol. The minimum atomic E-state index is 0.686. The summed E-state index contributed by atoms with van der Waals surface area (Å²) in [5.41, 5.74) is 2.40. The molecule has 2 aromatic rings. The summed E-state index contributed by atoms with van der Waals surface area (Å²) in [5.74, 6) is 0.924. The van der Waals surface area contributed by atoms with E-state index < -0.39 is 0 Å². The topological polar surface area (TPSA) is 37.4 Å². The summed E-state index contributed by atoms with van der Waals surface area (Å²) in [7, 11) is 4.04. The first-order valence-electron chi connectivity index (χ1n) is 7.13. The molecule has 1 heterocycles. The number of thiazole rings is 1. The average Bonchev–Trinajstić information content (AvgIpc) is 2.86. The first-order chi connectivity index (χ1) is 10.2. The molecule has 21 heavy (non-hydrogen) atoms. The maximum absolute atomic E-state index is 5.77. The van der Waals surface area contributed by atoms with Crippen LogP contribution < -0.4 is 10.1 Å². The Morgan fingerprint density at radius 1 is 1.29 bits per heavy atom. The number of nitrogens with one attached hydrogen (secondary N) is 1. The highest BCUT2D eigenvalue weighted by Gasteiger charge is 2.04. The molecule has 2 rings (SSSR count). The summed E-state index contributed by atoms with van der Waals surface area (Å²) in [4.78, 5) is 6.70. The number of hydrogen-bond acceptors (Lipinski definition) is 5. The second-order valence-corrected chi connectivity index (χ2v) is 6.18. The molecule has 0 amide bonds. The fraction of sp³-hybridized carbons (Fsp3) is 0.438. The van der Waals surface area contributed by atoms with Crippen molar-refractivity contribution in [3.63, 3.8) is 0 Å². The number of likely N-dealkylation sites (N-methyl/N-ethyl adjacent to an activating group) is 1. The van der Waals surface area contributed by atoms with Gasteiger partial charge in [-0.3, -0.25) is 4.90 Å². The van der Waals surface area contributed by atoms with Gasteiger partial charge in [0.25, 0.3) is 0 Å². The first kappa shape index (κ1) is 15.9. The van der Waals surface area contributed by atoms with Crippen molar-refractivity contribution >= 4 is 11.3 Å². The molecule has 0 atom stereocenters. The minimum Gasteiger partial charge on any atom is -0.492 e. The zero-order valence-electron chi connectivity index (χ0n) is 12.9. The third-order valence-electron chi connectivity index (χ3n) is 3.14. The van der Waals surface area contributed by atoms with E-state index in [0.29, 0.717) is 6.61 Å². The molecule has 0 unspecified atom stereocenters. The van der Waals surface area contributed by atoms with Crippen LogP contribution in [0.3, 0.4) is 0 Å². The molecule has 0 bridgehead atoms. The number of benzene rings is 1. The lowest BCUT2D eigenvalue weighted by Crippen LogP contribution is -2.24. The monoisotopic (exact) mass is 305 g/mol. The van der Waals surface area contributed by atoms with Gasteiger partial charge in [-0.2, -0.15) is 0 Å². The average molecular weight is 305 g/mol. The van der Waals surface area contributed by atoms with Gasteiger partial charge in [-0.15, -0.1) is 11.3 Å². The van der Waals surface area contributed by atoms with Gasteiger partial charge in [0.2, 0.25) is 0 Å². The predicted octanol–water partition coefficient (Wildman–Crippen LogP) is 2.68. The minimum absolute atomic E-state index is 0.686. The van der Waals surface area contributed by atoms with E-state index in [9.17, 15) is 0 Å². The summed E-state index contributed by atoms with van der Waals surface area (Å²) < 4.78 is 5.77. The van der Waals surface area contributed by atoms with Crippen LogP contribution in [0.15, 0.2) is 29.6 Å². The number of aryl methyl sites for hydroxylation is 1. The number of rotatable bonds is 8. The first-order valence-corrected chi connectivity index (χ1v) is 8.01. The van der Waals surface area contributed by atoms with E-state index in [2.05, 4.69) is 39.8 Å². The van der Waals surface area contributed by atoms with E-state index in [-0.39, 0.29) is 0 Å². The van der Waals surface area contributed by atoms with Crippen molar-refractivity contribution in [2.24, 2.45) is 0 Å². The van der Waals surface area contributed by atoms with Gasteiger partial charge in [0.15, 0.2) is 0 Å². The van der Waals surface area contributed by atoms with E-state index in [1.165, 1.54) is 5.56 Å². The van der Waals surface area contributed by atoms with Crippen molar-refractivity contribution < 1.29 is 4.74 Å². The zero-order valence-corrected chi connectivity index (χ0v) is 13.7. The summed E-state index contributed by atoms with van der Waals surface area (Å²) in [5, 5.41) is 6.37. The van der Waals surface area contributed by atoms with Gasteiger partial charge < -0.3 is 10.1 Å². The maximum Gasteiger partial charge on any atom is 0.119 e. The van der Waals surface area contributed by atoms with Gasteiger partial charge >= 0.3 is 0 Å². The predicted molar refractivity (Wildman–Crippen MR) is 87.9 cm³/mol. The second-order valence-electron chi connectivity index (χ2n) is 5.12. The standard InChI is InChI=1S/C16H23N3OS/c1-13-18-15(12-21-13)11-19(3)8-9-20-16-6-4-14(5-7-16)10-17-2/h4-7,12,17H,8-11H2,1-3H3. The highest BCUT2D eigenvalue weighted by Crippen LogP contribution is 2.12. The van der Waals surface area contributed by atoms with Crippen LogP contribution in [-0.4, -0.2) is 37.1 Å². The van der Waals surface area contributed by atoms with Crippen molar-refractivity contribution in [2.75, 3.05) is 27.2 Å². The Hall–Kier alpha value is -1.43. The van der Waals surface area contributed by atoms with E-state index >= 15 is 0 Å². The molecule has 114 valence electrons. The summed E-state index contributed by atoms with van der Waals surface area (Å²) in [6.45, 7) is 5.36. The van der Waals surface area contributed by atoms with E-state index in [1.54, 1.807) is 11.3 Å². The fourth-order valence-electron chi connectivity index (χ4n) is 2.06. The lowest BCUT2D eigenvalue weighted by molar-refractivity contribution is 0.231. The quantitative estimate of drug-likeness (QED) is 0.813. The Labute approximate surface area is 130 Å². The van der Waals surface area contributed by atoms with E-state index in [4.69, 9.17) is 4.74 Å². The van der Waals surface area contributed by atoms with Crippen LogP contribution in [0.5, 0.6) is 5.75 Å². The third-order valence-corrected chi connectivity index (χ3v) is 3.97. The number of ether oxygens (including phenoxy) is 1. The number of hydrogen-bond donors (Lipinski definition) is 1. The van der Waals surface area contributed by atoms with Crippen LogP contribution in [0.1, 0.15) is 16.3 Å². The third kappa shape index (κ3) is 5.46. The molecule has 0 aliphatic rings. The molecule has 0 saturated carbocycles. The van der Waals surface area contributed by atoms with Crippen LogP contribution in [0.25, 0.3) is 0 Å². The van der Waals surface area contributed by atoms with E-state index in [1.807, 2.05) is 26.1 Å². The fourth-order valence-corrected chi connectivity index (χ4v) is 2.67. The summed E-state index contributed by atoms with van der Waals surface area (Å²) in [6, 6.07) is 8.23. The van der Waals surface area contributed by atoms with Gasteiger partial charge in [-0.05, 0) is 38.7 Å². The van der Waals surface area contributed by atoms with Crippen molar-refractivity contribution in [3.05, 3.63) is 45.9 Å². The summed E-state index contributed by atoms with van der Waals surface area (Å²) >= 11 is 1.70. The molecule has 0 radical (unpaired) electrons. The van der Waals surface area contributed by atoms with Crippen LogP contribution in [0, 0.1) is 6.92 Å². The van der Waals surface area contributed by atoms with Gasteiger partial charge in [0.1, 0.15) is 12.4 Å². The molecule has 0 fully saturated rings. The molecular formula is C16H23N3OS. The Morgan fingerprint density at radius 3 is 2.67 bits per heavy atom. The largest absolute Gasteiger partial charge is 0.492 e. The lowest BCUT2D eigenvalue weighted by Gasteiger charge is -2.15. The SMILES string of the molecule is CNCc1ccc(OCCN(C)Cc2csc(C)n2)cc1. The van der Waals surface area contributed by atoms with Gasteiger partial charge in [-0.25, -0.2) is 4.98 Å². The number of aromatic nitrogens is 1. The summed E-state index contributed by atoms with van der Waals surface area (Å²) in [6.07, 6.45) is 0. The molecule has 0 spiro atoms. The van der Waals surface area contributed by atoms with Crippen molar-refractivity contribution in [3.8, 4) is 5.75 Å². The van der Waals surface area contributed by atoms with Crippen molar-refractivity contribution in [2.45, 2.75) is 20.0 Å². The second kappa shape index (κ2) is 8.12. The number of nitrogens with zero attached hydrogens (tertiary/aromatic N) is 2. The molecule has 1 aromatic heterocycles. The zero-order chi connectivity index (χ0) is 15.1. The van der Waals surface area contributed by atoms with Crippen LogP contribution in [0.4, 0.5) is 0 Å². The van der Waals surface area contributed by atoms with E-state index in [0.717, 1.165) is 36.1 Å². The van der Waals surface area contributed by atoms with Crippen LogP contribution >= 0.6 is 11.3 Å². The molecule has 4 nitrogen and oxygen atoms in total. The molecule has 0 aliphatic heterocycles. The van der Waals surface area contributed by atoms with Crippen molar-refractivity contribution in [1.82, 2.24) is 15.2 Å². The highest BCUT2D eigenvalue weighted by molar-refractivity contribution is 7.09. The molecule has 0 aliphatic carbocycles. The maximum atomic E-state index is 5.77. The lowest BCUT2D eigenvalue weighted by atomic mass is 10.2. The molecule has 1 aromatic carbocycles. The Morgan fingerprint density at radius 2 is 2.05 bits per heavy atom. The van der Waals surface area contributed by atoms with Crippen molar-refractivity contribution in [1.29, 1.82) is 0 Å². The van der Waals surface area contributed by atoms with Gasteiger partial charge in [0.05, 0.1) is 10.7 Å². The molecule has 5 heteroatoms. The van der Waals surface area contributed by atoms with Crippen LogP contribution in [-0.2, 0) is 13.1 Å². The van der Waals surface area contributed by atoms with Gasteiger partial charge in [-0.1, -0.05) is 12.1 Å². The van der Waals surface area contributed by atoms with Crippen LogP contribution in [0.2, 0.25) is 0 Å². The smallest absolute Gasteiger partial charge is 0.119 e. The Bertz CT molecular complexity index is 539. The Kier molecular flexibility index (Phi) is 6.17. The Balaban J connectivity index is 1.70. The highest BCUT2D eigenvalue weighted by atomic mass is 32.1. The van der Waals surface area contributed by atoms with Gasteiger partial charge in [0, 0.05) is 25.0 Å².